The van der Waals surface area contributed by atoms with Gasteiger partial charge >= 0.3 is 0 Å². The monoisotopic (exact) mass is 538 g/mol. The van der Waals surface area contributed by atoms with Gasteiger partial charge in [-0.15, -0.1) is 0 Å². The first kappa shape index (κ1) is 22.8. The number of nitrogens with zero attached hydrogens (tertiary/aromatic N) is 4. The largest absolute Gasteiger partial charge is 0.369 e. The summed E-state index contributed by atoms with van der Waals surface area (Å²) in [5, 5.41) is 12.9. The summed E-state index contributed by atoms with van der Waals surface area (Å²) in [6.07, 6.45) is 1.80. The van der Waals surface area contributed by atoms with Gasteiger partial charge in [0.2, 0.25) is 0 Å². The average Bonchev–Trinajstić information content (AvgIpc) is 3.09. The second-order valence-corrected chi connectivity index (χ2v) is 10.3. The van der Waals surface area contributed by atoms with E-state index < -0.39 is 0 Å². The molecule has 0 unspecified atom stereocenters. The molecule has 0 aliphatic carbocycles. The minimum atomic E-state index is -0.0820. The molecule has 0 saturated carbocycles. The van der Waals surface area contributed by atoms with Crippen molar-refractivity contribution >= 4 is 57.1 Å². The summed E-state index contributed by atoms with van der Waals surface area (Å²) in [7, 11) is 0. The van der Waals surface area contributed by atoms with Crippen LogP contribution in [0.15, 0.2) is 35.6 Å². The zero-order valence-electron chi connectivity index (χ0n) is 17.6. The molecule has 1 amide bonds. The normalized spacial score (nSPS) is 11.4. The van der Waals surface area contributed by atoms with Crippen molar-refractivity contribution in [3.05, 3.63) is 39.6 Å². The van der Waals surface area contributed by atoms with E-state index in [1.165, 1.54) is 0 Å². The van der Waals surface area contributed by atoms with Crippen molar-refractivity contribution in [1.82, 2.24) is 25.1 Å². The molecule has 3 rings (SSSR count). The van der Waals surface area contributed by atoms with Gasteiger partial charge in [0.1, 0.15) is 5.82 Å². The first-order valence-corrected chi connectivity index (χ1v) is 12.0. The highest BCUT2D eigenvalue weighted by molar-refractivity contribution is 14.1. The maximum atomic E-state index is 12.5. The molecule has 7 nitrogen and oxygen atoms in total. The molecule has 0 aliphatic heterocycles. The highest BCUT2D eigenvalue weighted by Gasteiger charge is 2.15. The van der Waals surface area contributed by atoms with Crippen LogP contribution < -0.4 is 10.6 Å². The van der Waals surface area contributed by atoms with Crippen molar-refractivity contribution < 1.29 is 4.79 Å². The van der Waals surface area contributed by atoms with E-state index in [1.54, 1.807) is 18.0 Å². The van der Waals surface area contributed by atoms with Gasteiger partial charge in [-0.1, -0.05) is 51.6 Å². The number of carbonyl (C=O) groups excluding carboxylic acids is 1. The summed E-state index contributed by atoms with van der Waals surface area (Å²) in [4.78, 5) is 21.9. The number of nitrogens with one attached hydrogen (secondary N) is 2. The van der Waals surface area contributed by atoms with Crippen LogP contribution >= 0.6 is 34.4 Å². The quantitative estimate of drug-likeness (QED) is 0.238. The Morgan fingerprint density at radius 1 is 1.20 bits per heavy atom. The van der Waals surface area contributed by atoms with Crippen molar-refractivity contribution in [3.63, 3.8) is 0 Å². The Bertz CT molecular complexity index is 1020. The Hall–Kier alpha value is -1.88. The topological polar surface area (TPSA) is 84.7 Å². The van der Waals surface area contributed by atoms with Crippen molar-refractivity contribution in [3.8, 4) is 0 Å². The minimum absolute atomic E-state index is 0.0820. The van der Waals surface area contributed by atoms with Crippen LogP contribution in [0.3, 0.4) is 0 Å². The van der Waals surface area contributed by atoms with Crippen LogP contribution in [0.4, 0.5) is 5.82 Å². The molecule has 0 fully saturated rings. The summed E-state index contributed by atoms with van der Waals surface area (Å²) in [6.45, 7) is 10.4. The smallest absolute Gasteiger partial charge is 0.252 e. The molecule has 0 atom stereocenters. The van der Waals surface area contributed by atoms with Crippen LogP contribution in [0.1, 0.15) is 38.1 Å². The van der Waals surface area contributed by atoms with Crippen LogP contribution in [-0.2, 0) is 6.54 Å². The summed E-state index contributed by atoms with van der Waals surface area (Å²) < 4.78 is 2.76. The Morgan fingerprint density at radius 3 is 2.67 bits per heavy atom. The van der Waals surface area contributed by atoms with Crippen molar-refractivity contribution in [2.75, 3.05) is 18.4 Å². The van der Waals surface area contributed by atoms with E-state index in [4.69, 9.17) is 9.97 Å². The number of anilines is 1. The number of hydrogen-bond acceptors (Lipinski definition) is 6. The molecule has 0 aliphatic rings. The molecule has 2 N–H and O–H groups in total. The first-order valence-electron chi connectivity index (χ1n) is 10.0. The van der Waals surface area contributed by atoms with Gasteiger partial charge in [-0.25, -0.2) is 14.6 Å². The van der Waals surface area contributed by atoms with E-state index >= 15 is 0 Å². The number of hydrogen-bond donors (Lipinski definition) is 2. The van der Waals surface area contributed by atoms with Gasteiger partial charge in [-0.05, 0) is 40.6 Å². The van der Waals surface area contributed by atoms with Gasteiger partial charge in [-0.2, -0.15) is 5.10 Å². The molecule has 0 spiro atoms. The Morgan fingerprint density at radius 2 is 1.97 bits per heavy atom. The molecule has 0 radical (unpaired) electrons. The van der Waals surface area contributed by atoms with Crippen LogP contribution in [0.5, 0.6) is 0 Å². The molecule has 3 aromatic rings. The maximum Gasteiger partial charge on any atom is 0.252 e. The molecule has 1 aromatic carbocycles. The second-order valence-electron chi connectivity index (χ2n) is 7.64. The third-order valence-corrected chi connectivity index (χ3v) is 6.03. The summed E-state index contributed by atoms with van der Waals surface area (Å²) in [5.41, 5.74) is 1.46. The van der Waals surface area contributed by atoms with Crippen LogP contribution in [0.2, 0.25) is 0 Å². The molecule has 9 heteroatoms. The van der Waals surface area contributed by atoms with Crippen LogP contribution in [-0.4, -0.2) is 44.0 Å². The average molecular weight is 538 g/mol. The number of fused-ring (bicyclic) bond motifs is 1. The fraction of sp³-hybridized carbons (Fsp3) is 0.429. The standard InChI is InChI=1S/C21H27IN6OS/c1-13(2)11-24-18-16-12-25-28(19(16)27-21(26-18)30-14(3)4)10-9-23-20(29)15-7-5-6-8-17(15)22/h5-8,12-14H,9-11H2,1-4H3,(H,23,29)(H,24,26,27). The SMILES string of the molecule is CC(C)CNc1nc(SC(C)C)nc2c1cnn2CCNC(=O)c1ccccc1I. The molecule has 0 bridgehead atoms. The zero-order valence-corrected chi connectivity index (χ0v) is 20.6. The number of halogens is 1. The van der Waals surface area contributed by atoms with E-state index in [0.717, 1.165) is 32.1 Å². The van der Waals surface area contributed by atoms with E-state index in [0.29, 0.717) is 29.8 Å². The molecular formula is C21H27IN6OS. The Labute approximate surface area is 195 Å². The fourth-order valence-electron chi connectivity index (χ4n) is 2.81. The lowest BCUT2D eigenvalue weighted by atomic mass is 10.2. The molecule has 0 saturated heterocycles. The number of carbonyl (C=O) groups is 1. The molecule has 160 valence electrons. The van der Waals surface area contributed by atoms with Crippen molar-refractivity contribution in [1.29, 1.82) is 0 Å². The van der Waals surface area contributed by atoms with Crippen LogP contribution in [0.25, 0.3) is 11.0 Å². The second kappa shape index (κ2) is 10.4. The predicted molar refractivity (Wildman–Crippen MR) is 131 cm³/mol. The lowest BCUT2D eigenvalue weighted by Gasteiger charge is -2.12. The van der Waals surface area contributed by atoms with E-state index in [2.05, 4.69) is 66.0 Å². The number of benzene rings is 1. The van der Waals surface area contributed by atoms with Gasteiger partial charge in [0, 0.05) is 21.9 Å². The molecule has 30 heavy (non-hydrogen) atoms. The Balaban J connectivity index is 1.77. The molecule has 2 heterocycles. The van der Waals surface area contributed by atoms with E-state index in [1.807, 2.05) is 28.9 Å². The minimum Gasteiger partial charge on any atom is -0.369 e. The molecule has 2 aromatic heterocycles. The van der Waals surface area contributed by atoms with Crippen molar-refractivity contribution in [2.24, 2.45) is 5.92 Å². The number of thioether (sulfide) groups is 1. The van der Waals surface area contributed by atoms with Crippen molar-refractivity contribution in [2.45, 2.75) is 44.6 Å². The first-order chi connectivity index (χ1) is 14.3. The zero-order chi connectivity index (χ0) is 21.7. The number of aromatic nitrogens is 4. The van der Waals surface area contributed by atoms with Gasteiger partial charge in [0.15, 0.2) is 10.8 Å². The third-order valence-electron chi connectivity index (χ3n) is 4.22. The van der Waals surface area contributed by atoms with Gasteiger partial charge in [0.25, 0.3) is 5.91 Å². The Kier molecular flexibility index (Phi) is 7.93. The number of rotatable bonds is 9. The maximum absolute atomic E-state index is 12.5. The van der Waals surface area contributed by atoms with Gasteiger partial charge in [0.05, 0.1) is 23.7 Å². The summed E-state index contributed by atoms with van der Waals surface area (Å²) >= 11 is 3.80. The number of amides is 1. The highest BCUT2D eigenvalue weighted by atomic mass is 127. The molecular weight excluding hydrogens is 511 g/mol. The van der Waals surface area contributed by atoms with E-state index in [-0.39, 0.29) is 5.91 Å². The fourth-order valence-corrected chi connectivity index (χ4v) is 4.15. The van der Waals surface area contributed by atoms with E-state index in [9.17, 15) is 4.79 Å². The summed E-state index contributed by atoms with van der Waals surface area (Å²) in [6, 6.07) is 7.54. The van der Waals surface area contributed by atoms with Crippen LogP contribution in [0, 0.1) is 9.49 Å². The third kappa shape index (κ3) is 5.84. The highest BCUT2D eigenvalue weighted by Crippen LogP contribution is 2.26. The van der Waals surface area contributed by atoms with Gasteiger partial charge < -0.3 is 10.6 Å². The summed E-state index contributed by atoms with van der Waals surface area (Å²) in [5.74, 6) is 1.23. The lowest BCUT2D eigenvalue weighted by molar-refractivity contribution is 0.0951. The lowest BCUT2D eigenvalue weighted by Crippen LogP contribution is -2.28. The predicted octanol–water partition coefficient (Wildman–Crippen LogP) is 4.43. The van der Waals surface area contributed by atoms with Gasteiger partial charge in [-0.3, -0.25) is 4.79 Å².